The van der Waals surface area contributed by atoms with Gasteiger partial charge in [0.2, 0.25) is 15.9 Å². The predicted molar refractivity (Wildman–Crippen MR) is 115 cm³/mol. The van der Waals surface area contributed by atoms with Crippen molar-refractivity contribution in [3.8, 4) is 0 Å². The van der Waals surface area contributed by atoms with Gasteiger partial charge in [0.1, 0.15) is 0 Å². The average Bonchev–Trinajstić information content (AvgIpc) is 3.01. The second kappa shape index (κ2) is 8.56. The minimum Gasteiger partial charge on any atom is -0.349 e. The van der Waals surface area contributed by atoms with Crippen molar-refractivity contribution < 1.29 is 13.2 Å². The quantitative estimate of drug-likeness (QED) is 0.558. The van der Waals surface area contributed by atoms with Crippen molar-refractivity contribution in [2.75, 3.05) is 5.75 Å². The molecule has 0 bridgehead atoms. The van der Waals surface area contributed by atoms with Gasteiger partial charge >= 0.3 is 0 Å². The van der Waals surface area contributed by atoms with Crippen LogP contribution in [0.15, 0.2) is 52.5 Å². The van der Waals surface area contributed by atoms with Crippen molar-refractivity contribution in [3.63, 3.8) is 0 Å². The van der Waals surface area contributed by atoms with Crippen molar-refractivity contribution in [3.05, 3.63) is 53.6 Å². The van der Waals surface area contributed by atoms with Gasteiger partial charge < -0.3 is 9.88 Å². The van der Waals surface area contributed by atoms with E-state index in [-0.39, 0.29) is 22.6 Å². The van der Waals surface area contributed by atoms with Gasteiger partial charge in [-0.2, -0.15) is 0 Å². The zero-order valence-electron chi connectivity index (χ0n) is 16.5. The summed E-state index contributed by atoms with van der Waals surface area (Å²) >= 11 is 1.30. The molecule has 0 radical (unpaired) electrons. The van der Waals surface area contributed by atoms with Crippen LogP contribution in [0.2, 0.25) is 0 Å². The highest BCUT2D eigenvalue weighted by atomic mass is 32.2. The number of hydrogen-bond donors (Lipinski definition) is 2. The number of hydrogen-bond acceptors (Lipinski definition) is 5. The van der Waals surface area contributed by atoms with Crippen LogP contribution >= 0.6 is 11.8 Å². The van der Waals surface area contributed by atoms with E-state index in [0.717, 1.165) is 17.5 Å². The van der Waals surface area contributed by atoms with Gasteiger partial charge in [-0.25, -0.2) is 18.5 Å². The largest absolute Gasteiger partial charge is 0.349 e. The van der Waals surface area contributed by atoms with E-state index in [2.05, 4.69) is 29.4 Å². The Hall–Kier alpha value is -2.36. The maximum atomic E-state index is 12.4. The van der Waals surface area contributed by atoms with Gasteiger partial charge in [0, 0.05) is 7.05 Å². The molecule has 9 heteroatoms. The zero-order valence-corrected chi connectivity index (χ0v) is 18.2. The van der Waals surface area contributed by atoms with Gasteiger partial charge in [-0.05, 0) is 42.7 Å². The second-order valence-corrected chi connectivity index (χ2v) is 9.33. The minimum atomic E-state index is -3.79. The lowest BCUT2D eigenvalue weighted by Crippen LogP contribution is -2.28. The number of primary sulfonamides is 1. The van der Waals surface area contributed by atoms with Crippen LogP contribution in [0.5, 0.6) is 0 Å². The Morgan fingerprint density at radius 2 is 1.93 bits per heavy atom. The lowest BCUT2D eigenvalue weighted by molar-refractivity contribution is -0.119. The van der Waals surface area contributed by atoms with E-state index in [1.165, 1.54) is 29.5 Å². The number of nitrogens with zero attached hydrogens (tertiary/aromatic N) is 2. The predicted octanol–water partition coefficient (Wildman–Crippen LogP) is 2.75. The fourth-order valence-corrected chi connectivity index (χ4v) is 4.33. The number of imidazole rings is 1. The molecule has 29 heavy (non-hydrogen) atoms. The first-order valence-electron chi connectivity index (χ1n) is 9.19. The molecule has 1 atom stereocenters. The van der Waals surface area contributed by atoms with Crippen molar-refractivity contribution in [2.45, 2.75) is 36.4 Å². The van der Waals surface area contributed by atoms with Crippen molar-refractivity contribution in [1.29, 1.82) is 0 Å². The van der Waals surface area contributed by atoms with E-state index >= 15 is 0 Å². The van der Waals surface area contributed by atoms with Gasteiger partial charge in [-0.3, -0.25) is 4.79 Å². The summed E-state index contributed by atoms with van der Waals surface area (Å²) in [6, 6.07) is 12.7. The summed E-state index contributed by atoms with van der Waals surface area (Å²) in [7, 11) is -1.96. The van der Waals surface area contributed by atoms with E-state index < -0.39 is 10.0 Å². The summed E-state index contributed by atoms with van der Waals surface area (Å²) < 4.78 is 24.9. The first-order chi connectivity index (χ1) is 13.7. The number of thioether (sulfide) groups is 1. The summed E-state index contributed by atoms with van der Waals surface area (Å²) in [5, 5.41) is 8.80. The molecule has 1 aromatic heterocycles. The Morgan fingerprint density at radius 3 is 2.55 bits per heavy atom. The number of aromatic nitrogens is 2. The number of carbonyl (C=O) groups is 1. The number of carbonyl (C=O) groups excluding carboxylic acids is 1. The molecule has 7 nitrogen and oxygen atoms in total. The highest BCUT2D eigenvalue weighted by Gasteiger charge is 2.15. The highest BCUT2D eigenvalue weighted by Crippen LogP contribution is 2.25. The van der Waals surface area contributed by atoms with Crippen LogP contribution in [0.25, 0.3) is 11.0 Å². The molecule has 3 rings (SSSR count). The Kier molecular flexibility index (Phi) is 6.30. The number of rotatable bonds is 7. The monoisotopic (exact) mass is 432 g/mol. The number of amides is 1. The molecule has 1 unspecified atom stereocenters. The van der Waals surface area contributed by atoms with E-state index in [1.807, 2.05) is 30.7 Å². The van der Waals surface area contributed by atoms with Crippen LogP contribution in [-0.4, -0.2) is 29.6 Å². The third-order valence-corrected chi connectivity index (χ3v) is 6.68. The number of benzene rings is 2. The van der Waals surface area contributed by atoms with E-state index in [0.29, 0.717) is 10.7 Å². The molecule has 0 saturated carbocycles. The maximum Gasteiger partial charge on any atom is 0.238 e. The molecule has 3 aromatic rings. The average molecular weight is 433 g/mol. The summed E-state index contributed by atoms with van der Waals surface area (Å²) in [6.07, 6.45) is 0.981. The first kappa shape index (κ1) is 21.4. The number of nitrogens with two attached hydrogens (primary N) is 1. The summed E-state index contributed by atoms with van der Waals surface area (Å²) in [5.41, 5.74) is 3.60. The van der Waals surface area contributed by atoms with Crippen molar-refractivity contribution in [1.82, 2.24) is 14.9 Å². The number of sulfonamides is 1. The van der Waals surface area contributed by atoms with Crippen LogP contribution < -0.4 is 10.5 Å². The Morgan fingerprint density at radius 1 is 1.24 bits per heavy atom. The first-order valence-corrected chi connectivity index (χ1v) is 11.7. The smallest absolute Gasteiger partial charge is 0.238 e. The van der Waals surface area contributed by atoms with Gasteiger partial charge in [0.05, 0.1) is 27.7 Å². The Bertz CT molecular complexity index is 1140. The molecule has 0 aliphatic carbocycles. The van der Waals surface area contributed by atoms with Crippen molar-refractivity contribution in [2.24, 2.45) is 12.2 Å². The number of aryl methyl sites for hydroxylation is 2. The number of fused-ring (bicyclic) bond motifs is 1. The molecule has 0 aliphatic heterocycles. The lowest BCUT2D eigenvalue weighted by atomic mass is 10.1. The van der Waals surface area contributed by atoms with Gasteiger partial charge in [0.25, 0.3) is 0 Å². The lowest BCUT2D eigenvalue weighted by Gasteiger charge is -2.14. The second-order valence-electron chi connectivity index (χ2n) is 6.82. The Labute approximate surface area is 174 Å². The van der Waals surface area contributed by atoms with Crippen LogP contribution in [0.3, 0.4) is 0 Å². The third kappa shape index (κ3) is 4.98. The summed E-state index contributed by atoms with van der Waals surface area (Å²) in [5.74, 6) is 0.107. The number of nitrogens with one attached hydrogen (secondary N) is 1. The molecule has 1 heterocycles. The van der Waals surface area contributed by atoms with E-state index in [9.17, 15) is 13.2 Å². The fraction of sp³-hybridized carbons (Fsp3) is 0.300. The topological polar surface area (TPSA) is 107 Å². The van der Waals surface area contributed by atoms with Gasteiger partial charge in [0.15, 0.2) is 5.16 Å². The van der Waals surface area contributed by atoms with Crippen molar-refractivity contribution >= 4 is 38.7 Å². The van der Waals surface area contributed by atoms with E-state index in [4.69, 9.17) is 5.14 Å². The normalized spacial score (nSPS) is 12.8. The highest BCUT2D eigenvalue weighted by molar-refractivity contribution is 7.99. The molecule has 154 valence electrons. The summed E-state index contributed by atoms with van der Waals surface area (Å²) in [4.78, 5) is 16.8. The van der Waals surface area contributed by atoms with Crippen LogP contribution in [0.4, 0.5) is 0 Å². The molecule has 0 saturated heterocycles. The fourth-order valence-electron chi connectivity index (χ4n) is 3.00. The summed E-state index contributed by atoms with van der Waals surface area (Å²) in [6.45, 7) is 4.06. The Balaban J connectivity index is 1.66. The molecule has 0 aliphatic rings. The third-order valence-electron chi connectivity index (χ3n) is 4.74. The maximum absolute atomic E-state index is 12.4. The van der Waals surface area contributed by atoms with Gasteiger partial charge in [-0.1, -0.05) is 43.0 Å². The molecular weight excluding hydrogens is 408 g/mol. The molecule has 3 N–H and O–H groups in total. The minimum absolute atomic E-state index is 0.0142. The molecular formula is C20H24N4O3S2. The molecule has 0 spiro atoms. The molecule has 0 fully saturated rings. The zero-order chi connectivity index (χ0) is 21.2. The molecule has 1 amide bonds. The van der Waals surface area contributed by atoms with E-state index in [1.54, 1.807) is 6.07 Å². The van der Waals surface area contributed by atoms with Gasteiger partial charge in [-0.15, -0.1) is 0 Å². The van der Waals surface area contributed by atoms with Crippen LogP contribution in [0, 0.1) is 0 Å². The SMILES string of the molecule is CCc1ccc(C(C)NC(=O)CSc2nc3cc(S(N)(=O)=O)ccc3n2C)cc1. The van der Waals surface area contributed by atoms with Crippen LogP contribution in [-0.2, 0) is 28.3 Å². The standard InChI is InChI=1S/C20H24N4O3S2/c1-4-14-5-7-15(8-6-14)13(2)22-19(25)12-28-20-23-17-11-16(29(21,26)27)9-10-18(17)24(20)3/h5-11,13H,4,12H2,1-3H3,(H,22,25)(H2,21,26,27). The van der Waals surface area contributed by atoms with Crippen LogP contribution in [0.1, 0.15) is 31.0 Å². The molecule has 2 aromatic carbocycles.